The van der Waals surface area contributed by atoms with Crippen LogP contribution in [0.5, 0.6) is 0 Å². The molecule has 0 unspecified atom stereocenters. The second kappa shape index (κ2) is 15.1. The van der Waals surface area contributed by atoms with E-state index in [9.17, 15) is 0 Å². The standard InChI is InChI=1S/2C23H18N2/c1-17-9-8-14-20(15-17)23-24-21(18-10-4-2-5-11-18)16-22(25-23)19-12-6-3-7-13-19;1-17-12-14-19(15-13-17)22-16-21(18-8-4-2-5-9-18)24-23(25-22)20-10-6-3-7-11-20/h2*2-16H,1H3. The molecule has 0 atom stereocenters. The molecule has 0 saturated carbocycles. The van der Waals surface area contributed by atoms with E-state index in [0.717, 1.165) is 67.8 Å². The first-order chi connectivity index (χ1) is 24.6. The summed E-state index contributed by atoms with van der Waals surface area (Å²) in [5, 5.41) is 0. The van der Waals surface area contributed by atoms with Crippen LogP contribution < -0.4 is 0 Å². The van der Waals surface area contributed by atoms with Crippen molar-refractivity contribution >= 4 is 0 Å². The molecule has 0 N–H and O–H groups in total. The van der Waals surface area contributed by atoms with Gasteiger partial charge >= 0.3 is 0 Å². The third-order valence-corrected chi connectivity index (χ3v) is 8.32. The van der Waals surface area contributed by atoms with Crippen LogP contribution in [0, 0.1) is 13.8 Å². The first-order valence-corrected chi connectivity index (χ1v) is 16.7. The fourth-order valence-electron chi connectivity index (χ4n) is 5.67. The topological polar surface area (TPSA) is 51.6 Å². The molecule has 0 amide bonds. The summed E-state index contributed by atoms with van der Waals surface area (Å²) in [7, 11) is 0. The molecule has 50 heavy (non-hydrogen) atoms. The minimum absolute atomic E-state index is 0.748. The fraction of sp³-hybridized carbons (Fsp3) is 0.0435. The maximum absolute atomic E-state index is 4.83. The van der Waals surface area contributed by atoms with Gasteiger partial charge in [-0.2, -0.15) is 0 Å². The molecule has 0 aliphatic carbocycles. The second-order valence-corrected chi connectivity index (χ2v) is 12.1. The lowest BCUT2D eigenvalue weighted by Gasteiger charge is -2.09. The van der Waals surface area contributed by atoms with Crippen molar-refractivity contribution in [1.82, 2.24) is 19.9 Å². The van der Waals surface area contributed by atoms with E-state index in [2.05, 4.69) is 105 Å². The van der Waals surface area contributed by atoms with Gasteiger partial charge in [-0.05, 0) is 32.0 Å². The highest BCUT2D eigenvalue weighted by atomic mass is 14.9. The summed E-state index contributed by atoms with van der Waals surface area (Å²) in [5.41, 5.74) is 12.6. The van der Waals surface area contributed by atoms with E-state index in [1.54, 1.807) is 0 Å². The summed E-state index contributed by atoms with van der Waals surface area (Å²) in [6, 6.07) is 61.7. The lowest BCUT2D eigenvalue weighted by molar-refractivity contribution is 1.18. The number of aryl methyl sites for hydroxylation is 2. The third kappa shape index (κ3) is 7.78. The second-order valence-electron chi connectivity index (χ2n) is 12.1. The molecule has 8 aromatic rings. The Kier molecular flexibility index (Phi) is 9.70. The van der Waals surface area contributed by atoms with E-state index in [1.165, 1.54) is 11.1 Å². The summed E-state index contributed by atoms with van der Waals surface area (Å²) < 4.78 is 0. The average molecular weight is 645 g/mol. The first-order valence-electron chi connectivity index (χ1n) is 16.7. The van der Waals surface area contributed by atoms with Crippen molar-refractivity contribution in [3.8, 4) is 67.8 Å². The molecular weight excluding hydrogens is 609 g/mol. The minimum atomic E-state index is 0.748. The lowest BCUT2D eigenvalue weighted by atomic mass is 10.1. The Bertz CT molecular complexity index is 2190. The molecule has 0 fully saturated rings. The van der Waals surface area contributed by atoms with Crippen LogP contribution in [0.25, 0.3) is 67.8 Å². The van der Waals surface area contributed by atoms with Gasteiger partial charge in [0.25, 0.3) is 0 Å². The minimum Gasteiger partial charge on any atom is -0.228 e. The zero-order valence-electron chi connectivity index (χ0n) is 28.1. The Balaban J connectivity index is 0.000000157. The number of aromatic nitrogens is 4. The van der Waals surface area contributed by atoms with Gasteiger partial charge in [0.2, 0.25) is 0 Å². The Morgan fingerprint density at radius 2 is 0.600 bits per heavy atom. The molecule has 0 radical (unpaired) electrons. The maximum Gasteiger partial charge on any atom is 0.160 e. The number of hydrogen-bond donors (Lipinski definition) is 0. The lowest BCUT2D eigenvalue weighted by Crippen LogP contribution is -1.96. The predicted molar refractivity (Wildman–Crippen MR) is 206 cm³/mol. The normalized spacial score (nSPS) is 10.6. The molecule has 0 bridgehead atoms. The van der Waals surface area contributed by atoms with Crippen LogP contribution >= 0.6 is 0 Å². The van der Waals surface area contributed by atoms with E-state index in [0.29, 0.717) is 0 Å². The summed E-state index contributed by atoms with van der Waals surface area (Å²) in [5.74, 6) is 1.50. The zero-order chi connectivity index (χ0) is 34.1. The molecule has 8 rings (SSSR count). The van der Waals surface area contributed by atoms with E-state index in [-0.39, 0.29) is 0 Å². The van der Waals surface area contributed by atoms with Crippen LogP contribution in [0.2, 0.25) is 0 Å². The van der Waals surface area contributed by atoms with Gasteiger partial charge in [0.1, 0.15) is 0 Å². The van der Waals surface area contributed by atoms with Gasteiger partial charge in [0.15, 0.2) is 11.6 Å². The van der Waals surface area contributed by atoms with Crippen LogP contribution in [0.1, 0.15) is 11.1 Å². The number of rotatable bonds is 6. The van der Waals surface area contributed by atoms with Gasteiger partial charge in [0, 0.05) is 33.4 Å². The zero-order valence-corrected chi connectivity index (χ0v) is 28.1. The number of benzene rings is 6. The molecule has 0 aliphatic rings. The molecule has 6 aromatic carbocycles. The number of nitrogens with zero attached hydrogens (tertiary/aromatic N) is 4. The fourth-order valence-corrected chi connectivity index (χ4v) is 5.67. The van der Waals surface area contributed by atoms with Gasteiger partial charge in [-0.15, -0.1) is 0 Å². The Morgan fingerprint density at radius 1 is 0.260 bits per heavy atom. The molecule has 4 nitrogen and oxygen atoms in total. The van der Waals surface area contributed by atoms with Crippen molar-refractivity contribution in [2.24, 2.45) is 0 Å². The smallest absolute Gasteiger partial charge is 0.160 e. The summed E-state index contributed by atoms with van der Waals surface area (Å²) in [4.78, 5) is 19.3. The van der Waals surface area contributed by atoms with Crippen LogP contribution in [0.3, 0.4) is 0 Å². The van der Waals surface area contributed by atoms with Gasteiger partial charge in [0.05, 0.1) is 22.8 Å². The van der Waals surface area contributed by atoms with Gasteiger partial charge < -0.3 is 0 Å². The van der Waals surface area contributed by atoms with Gasteiger partial charge in [-0.3, -0.25) is 0 Å². The molecule has 2 aromatic heterocycles. The summed E-state index contributed by atoms with van der Waals surface area (Å²) in [6.45, 7) is 4.18. The monoisotopic (exact) mass is 644 g/mol. The molecule has 240 valence electrons. The van der Waals surface area contributed by atoms with E-state index < -0.39 is 0 Å². The van der Waals surface area contributed by atoms with Crippen LogP contribution in [0.15, 0.2) is 182 Å². The Labute approximate surface area is 293 Å². The third-order valence-electron chi connectivity index (χ3n) is 8.32. The maximum atomic E-state index is 4.83. The van der Waals surface area contributed by atoms with Crippen LogP contribution in [-0.4, -0.2) is 19.9 Å². The van der Waals surface area contributed by atoms with Crippen molar-refractivity contribution in [2.45, 2.75) is 13.8 Å². The van der Waals surface area contributed by atoms with Gasteiger partial charge in [-0.1, -0.05) is 175 Å². The van der Waals surface area contributed by atoms with E-state index in [1.807, 2.05) is 91.0 Å². The molecule has 0 aliphatic heterocycles. The van der Waals surface area contributed by atoms with Crippen molar-refractivity contribution < 1.29 is 0 Å². The van der Waals surface area contributed by atoms with Crippen molar-refractivity contribution in [2.75, 3.05) is 0 Å². The van der Waals surface area contributed by atoms with Crippen molar-refractivity contribution in [3.63, 3.8) is 0 Å². The quantitative estimate of drug-likeness (QED) is 0.181. The summed E-state index contributed by atoms with van der Waals surface area (Å²) in [6.07, 6.45) is 0. The SMILES string of the molecule is Cc1ccc(-c2cc(-c3ccccc3)nc(-c3ccccc3)n2)cc1.Cc1cccc(-c2nc(-c3ccccc3)cc(-c3ccccc3)n2)c1. The Hall–Kier alpha value is -6.52. The Morgan fingerprint density at radius 3 is 1.00 bits per heavy atom. The largest absolute Gasteiger partial charge is 0.228 e. The highest BCUT2D eigenvalue weighted by Gasteiger charge is 2.12. The molecule has 0 saturated heterocycles. The molecule has 0 spiro atoms. The van der Waals surface area contributed by atoms with Crippen molar-refractivity contribution in [3.05, 3.63) is 193 Å². The van der Waals surface area contributed by atoms with Crippen LogP contribution in [0.4, 0.5) is 0 Å². The van der Waals surface area contributed by atoms with E-state index in [4.69, 9.17) is 19.9 Å². The van der Waals surface area contributed by atoms with Crippen molar-refractivity contribution in [1.29, 1.82) is 0 Å². The molecule has 2 heterocycles. The summed E-state index contributed by atoms with van der Waals surface area (Å²) >= 11 is 0. The molecular formula is C46H36N4. The first kappa shape index (κ1) is 32.0. The average Bonchev–Trinajstić information content (AvgIpc) is 3.19. The van der Waals surface area contributed by atoms with Crippen LogP contribution in [-0.2, 0) is 0 Å². The predicted octanol–water partition coefficient (Wildman–Crippen LogP) is 11.6. The molecule has 4 heteroatoms. The highest BCUT2D eigenvalue weighted by Crippen LogP contribution is 2.29. The number of hydrogen-bond acceptors (Lipinski definition) is 4. The highest BCUT2D eigenvalue weighted by molar-refractivity contribution is 5.73. The van der Waals surface area contributed by atoms with Gasteiger partial charge in [-0.25, -0.2) is 19.9 Å². The van der Waals surface area contributed by atoms with E-state index >= 15 is 0 Å².